The molecule has 0 bridgehead atoms. The molecule has 0 saturated carbocycles. The lowest BCUT2D eigenvalue weighted by atomic mass is 10.2. The second kappa shape index (κ2) is 5.37. The average Bonchev–Trinajstić information content (AvgIpc) is 2.19. The Labute approximate surface area is 85.0 Å². The van der Waals surface area contributed by atoms with Gasteiger partial charge in [0.2, 0.25) is 0 Å². The van der Waals surface area contributed by atoms with E-state index < -0.39 is 0 Å². The zero-order valence-corrected chi connectivity index (χ0v) is 8.96. The molecule has 0 amide bonds. The number of hydrogen-bond acceptors (Lipinski definition) is 3. The fourth-order valence-electron chi connectivity index (χ4n) is 1.26. The van der Waals surface area contributed by atoms with Crippen LogP contribution in [-0.2, 0) is 0 Å². The predicted molar refractivity (Wildman–Crippen MR) is 58.3 cm³/mol. The molecular weight excluding hydrogens is 178 g/mol. The van der Waals surface area contributed by atoms with Gasteiger partial charge in [0.25, 0.3) is 0 Å². The molecule has 0 atom stereocenters. The van der Waals surface area contributed by atoms with Gasteiger partial charge in [-0.3, -0.25) is 0 Å². The zero-order valence-electron chi connectivity index (χ0n) is 8.96. The van der Waals surface area contributed by atoms with E-state index in [4.69, 9.17) is 9.47 Å². The molecule has 0 saturated heterocycles. The summed E-state index contributed by atoms with van der Waals surface area (Å²) in [6.45, 7) is 5.56. The highest BCUT2D eigenvalue weighted by atomic mass is 16.5. The number of benzene rings is 1. The summed E-state index contributed by atoms with van der Waals surface area (Å²) in [6, 6.07) is 5.83. The van der Waals surface area contributed by atoms with E-state index in [-0.39, 0.29) is 0 Å². The third-order valence-electron chi connectivity index (χ3n) is 1.84. The Kier molecular flexibility index (Phi) is 4.11. The van der Waals surface area contributed by atoms with Gasteiger partial charge in [-0.15, -0.1) is 0 Å². The van der Waals surface area contributed by atoms with Gasteiger partial charge in [0.05, 0.1) is 13.7 Å². The molecule has 0 unspecified atom stereocenters. The van der Waals surface area contributed by atoms with Gasteiger partial charge in [0.15, 0.2) is 11.5 Å². The Balaban J connectivity index is 2.88. The third kappa shape index (κ3) is 2.55. The fraction of sp³-hybridized carbons (Fsp3) is 0.455. The van der Waals surface area contributed by atoms with Crippen LogP contribution in [0.1, 0.15) is 13.8 Å². The molecule has 1 N–H and O–H groups in total. The van der Waals surface area contributed by atoms with Crippen LogP contribution in [0.25, 0.3) is 0 Å². The summed E-state index contributed by atoms with van der Waals surface area (Å²) in [6.07, 6.45) is 0. The first-order valence-electron chi connectivity index (χ1n) is 4.86. The lowest BCUT2D eigenvalue weighted by Crippen LogP contribution is -1.99. The molecule has 0 spiro atoms. The molecule has 0 aromatic heterocycles. The summed E-state index contributed by atoms with van der Waals surface area (Å²) in [5, 5.41) is 3.22. The quantitative estimate of drug-likeness (QED) is 0.783. The molecule has 1 aromatic rings. The highest BCUT2D eigenvalue weighted by Crippen LogP contribution is 2.29. The highest BCUT2D eigenvalue weighted by Gasteiger charge is 2.03. The monoisotopic (exact) mass is 195 g/mol. The summed E-state index contributed by atoms with van der Waals surface area (Å²) in [5.41, 5.74) is 1.05. The van der Waals surface area contributed by atoms with Crippen LogP contribution in [0.5, 0.6) is 11.5 Å². The van der Waals surface area contributed by atoms with Crippen LogP contribution < -0.4 is 14.8 Å². The van der Waals surface area contributed by atoms with Crippen molar-refractivity contribution in [2.45, 2.75) is 13.8 Å². The second-order valence-electron chi connectivity index (χ2n) is 2.83. The second-order valence-corrected chi connectivity index (χ2v) is 2.83. The Morgan fingerprint density at radius 2 is 2.00 bits per heavy atom. The van der Waals surface area contributed by atoms with E-state index in [9.17, 15) is 0 Å². The summed E-state index contributed by atoms with van der Waals surface area (Å²) in [5.74, 6) is 1.56. The van der Waals surface area contributed by atoms with E-state index in [1.165, 1.54) is 0 Å². The predicted octanol–water partition coefficient (Wildman–Crippen LogP) is 2.53. The maximum atomic E-state index is 5.45. The van der Waals surface area contributed by atoms with E-state index in [0.717, 1.165) is 23.7 Å². The van der Waals surface area contributed by atoms with Gasteiger partial charge in [0.1, 0.15) is 0 Å². The number of hydrogen-bond donors (Lipinski definition) is 1. The van der Waals surface area contributed by atoms with Crippen molar-refractivity contribution in [1.29, 1.82) is 0 Å². The Morgan fingerprint density at radius 1 is 1.21 bits per heavy atom. The van der Waals surface area contributed by atoms with Crippen LogP contribution in [0.2, 0.25) is 0 Å². The SMILES string of the molecule is CCNc1ccc(OC)c(OCC)c1. The van der Waals surface area contributed by atoms with Crippen molar-refractivity contribution >= 4 is 5.69 Å². The molecule has 78 valence electrons. The van der Waals surface area contributed by atoms with E-state index >= 15 is 0 Å². The van der Waals surface area contributed by atoms with Gasteiger partial charge in [-0.05, 0) is 26.0 Å². The standard InChI is InChI=1S/C11H17NO2/c1-4-12-9-6-7-10(13-3)11(8-9)14-5-2/h6-8,12H,4-5H2,1-3H3. The van der Waals surface area contributed by atoms with Crippen molar-refractivity contribution in [3.05, 3.63) is 18.2 Å². The molecule has 3 nitrogen and oxygen atoms in total. The number of ether oxygens (including phenoxy) is 2. The number of methoxy groups -OCH3 is 1. The van der Waals surface area contributed by atoms with Crippen molar-refractivity contribution in [2.75, 3.05) is 25.6 Å². The Morgan fingerprint density at radius 3 is 2.57 bits per heavy atom. The van der Waals surface area contributed by atoms with Crippen LogP contribution in [-0.4, -0.2) is 20.3 Å². The van der Waals surface area contributed by atoms with Crippen molar-refractivity contribution in [1.82, 2.24) is 0 Å². The molecule has 1 aromatic carbocycles. The van der Waals surface area contributed by atoms with Crippen LogP contribution in [0.15, 0.2) is 18.2 Å². The molecular formula is C11H17NO2. The fourth-order valence-corrected chi connectivity index (χ4v) is 1.26. The molecule has 3 heteroatoms. The lowest BCUT2D eigenvalue weighted by molar-refractivity contribution is 0.311. The van der Waals surface area contributed by atoms with E-state index in [1.807, 2.05) is 25.1 Å². The zero-order chi connectivity index (χ0) is 10.4. The van der Waals surface area contributed by atoms with Crippen molar-refractivity contribution < 1.29 is 9.47 Å². The summed E-state index contributed by atoms with van der Waals surface area (Å²) >= 11 is 0. The Hall–Kier alpha value is -1.38. The summed E-state index contributed by atoms with van der Waals surface area (Å²) in [4.78, 5) is 0. The van der Waals surface area contributed by atoms with Gasteiger partial charge in [0, 0.05) is 18.3 Å². The van der Waals surface area contributed by atoms with Gasteiger partial charge in [-0.25, -0.2) is 0 Å². The molecule has 0 aliphatic carbocycles. The maximum absolute atomic E-state index is 5.45. The average molecular weight is 195 g/mol. The normalized spacial score (nSPS) is 9.64. The molecule has 0 heterocycles. The first-order chi connectivity index (χ1) is 6.81. The number of rotatable bonds is 5. The molecule has 0 radical (unpaired) electrons. The minimum absolute atomic E-state index is 0.645. The molecule has 0 aliphatic rings. The van der Waals surface area contributed by atoms with Crippen molar-refractivity contribution in [3.8, 4) is 11.5 Å². The molecule has 1 rings (SSSR count). The molecule has 0 fully saturated rings. The van der Waals surface area contributed by atoms with E-state index in [2.05, 4.69) is 12.2 Å². The smallest absolute Gasteiger partial charge is 0.163 e. The maximum Gasteiger partial charge on any atom is 0.163 e. The summed E-state index contributed by atoms with van der Waals surface area (Å²) in [7, 11) is 1.64. The topological polar surface area (TPSA) is 30.5 Å². The van der Waals surface area contributed by atoms with Crippen LogP contribution in [0.3, 0.4) is 0 Å². The minimum Gasteiger partial charge on any atom is -0.493 e. The first-order valence-corrected chi connectivity index (χ1v) is 4.86. The number of nitrogens with one attached hydrogen (secondary N) is 1. The van der Waals surface area contributed by atoms with Crippen molar-refractivity contribution in [2.24, 2.45) is 0 Å². The van der Waals surface area contributed by atoms with Crippen molar-refractivity contribution in [3.63, 3.8) is 0 Å². The first kappa shape index (κ1) is 10.7. The summed E-state index contributed by atoms with van der Waals surface area (Å²) < 4.78 is 10.6. The van der Waals surface area contributed by atoms with Gasteiger partial charge in [-0.1, -0.05) is 0 Å². The van der Waals surface area contributed by atoms with Gasteiger partial charge >= 0.3 is 0 Å². The van der Waals surface area contributed by atoms with Crippen LogP contribution in [0.4, 0.5) is 5.69 Å². The molecule has 0 aliphatic heterocycles. The van der Waals surface area contributed by atoms with E-state index in [0.29, 0.717) is 6.61 Å². The Bertz CT molecular complexity index is 287. The van der Waals surface area contributed by atoms with Gasteiger partial charge < -0.3 is 14.8 Å². The molecule has 14 heavy (non-hydrogen) atoms. The largest absolute Gasteiger partial charge is 0.493 e. The minimum atomic E-state index is 0.645. The highest BCUT2D eigenvalue weighted by molar-refractivity contribution is 5.54. The third-order valence-corrected chi connectivity index (χ3v) is 1.84. The van der Waals surface area contributed by atoms with Crippen LogP contribution in [0, 0.1) is 0 Å². The van der Waals surface area contributed by atoms with E-state index in [1.54, 1.807) is 7.11 Å². The lowest BCUT2D eigenvalue weighted by Gasteiger charge is -2.11. The number of anilines is 1. The van der Waals surface area contributed by atoms with Gasteiger partial charge in [-0.2, -0.15) is 0 Å². The van der Waals surface area contributed by atoms with Crippen LogP contribution >= 0.6 is 0 Å².